The average Bonchev–Trinajstić information content (AvgIpc) is 3.10. The van der Waals surface area contributed by atoms with Crippen molar-refractivity contribution >= 4 is 34.4 Å². The molecule has 0 aliphatic carbocycles. The van der Waals surface area contributed by atoms with Crippen LogP contribution in [0.25, 0.3) is 16.7 Å². The first-order chi connectivity index (χ1) is 14.3. The molecule has 8 nitrogen and oxygen atoms in total. The van der Waals surface area contributed by atoms with Crippen molar-refractivity contribution in [2.75, 3.05) is 13.6 Å². The smallest absolute Gasteiger partial charge is 0.269 e. The lowest BCUT2D eigenvalue weighted by molar-refractivity contribution is -0.138. The fraction of sp³-hybridized carbons (Fsp3) is 0.238. The Kier molecular flexibility index (Phi) is 4.94. The van der Waals surface area contributed by atoms with Crippen molar-refractivity contribution in [1.29, 1.82) is 0 Å². The molecule has 9 heteroatoms. The molecule has 4 rings (SSSR count). The van der Waals surface area contributed by atoms with Crippen LogP contribution in [0.1, 0.15) is 28.9 Å². The molecule has 152 valence electrons. The molecule has 1 saturated heterocycles. The number of primary amides is 1. The number of aliphatic hydroxyl groups is 1. The second-order valence-electron chi connectivity index (χ2n) is 7.22. The first-order valence-corrected chi connectivity index (χ1v) is 9.58. The van der Waals surface area contributed by atoms with Crippen LogP contribution in [-0.2, 0) is 4.79 Å². The quantitative estimate of drug-likeness (QED) is 0.606. The Morgan fingerprint density at radius 2 is 2.17 bits per heavy atom. The molecule has 0 radical (unpaired) electrons. The van der Waals surface area contributed by atoms with E-state index in [1.54, 1.807) is 48.5 Å². The first kappa shape index (κ1) is 19.9. The minimum absolute atomic E-state index is 0.0559. The van der Waals surface area contributed by atoms with Gasteiger partial charge in [-0.25, -0.2) is 9.67 Å². The maximum atomic E-state index is 11.9. The Labute approximate surface area is 177 Å². The maximum absolute atomic E-state index is 11.9. The van der Waals surface area contributed by atoms with Crippen molar-refractivity contribution in [1.82, 2.24) is 19.7 Å². The molecule has 2 aromatic heterocycles. The second-order valence-corrected chi connectivity index (χ2v) is 7.66. The Balaban J connectivity index is 1.75. The van der Waals surface area contributed by atoms with Crippen molar-refractivity contribution in [3.05, 3.63) is 52.8 Å². The van der Waals surface area contributed by atoms with Crippen LogP contribution >= 0.6 is 11.6 Å². The monoisotopic (exact) mass is 423 g/mol. The number of aromatic nitrogens is 3. The van der Waals surface area contributed by atoms with E-state index < -0.39 is 11.5 Å². The normalized spacial score (nSPS) is 18.9. The van der Waals surface area contributed by atoms with E-state index in [9.17, 15) is 14.7 Å². The number of carbonyl (C=O) groups excluding carboxylic acids is 2. The van der Waals surface area contributed by atoms with Crippen LogP contribution < -0.4 is 5.73 Å². The van der Waals surface area contributed by atoms with Crippen molar-refractivity contribution < 1.29 is 14.7 Å². The molecule has 3 N–H and O–H groups in total. The first-order valence-electron chi connectivity index (χ1n) is 9.20. The fourth-order valence-electron chi connectivity index (χ4n) is 3.33. The number of carbonyl (C=O) groups is 2. The summed E-state index contributed by atoms with van der Waals surface area (Å²) in [5.74, 6) is 4.90. The van der Waals surface area contributed by atoms with Gasteiger partial charge in [0.05, 0.1) is 17.5 Å². The van der Waals surface area contributed by atoms with E-state index in [1.807, 2.05) is 0 Å². The second kappa shape index (κ2) is 7.44. The van der Waals surface area contributed by atoms with Crippen LogP contribution in [0.5, 0.6) is 0 Å². The molecular weight excluding hydrogens is 406 g/mol. The van der Waals surface area contributed by atoms with Gasteiger partial charge in [-0.15, -0.1) is 0 Å². The fourth-order valence-corrected chi connectivity index (χ4v) is 3.56. The van der Waals surface area contributed by atoms with E-state index in [-0.39, 0.29) is 18.0 Å². The summed E-state index contributed by atoms with van der Waals surface area (Å²) in [5.41, 5.74) is 5.68. The standard InChI is InChI=1S/C21H18ClN5O3/c1-26-8-6-21(30,12-17(26)28)5-4-13-9-14(22)11-15(10-13)27-20-16(3-2-7-24-20)18(25-27)19(23)29/h2-3,7,9-11,30H,6,8,12H2,1H3,(H2,23,29). The van der Waals surface area contributed by atoms with Gasteiger partial charge in [0, 0.05) is 36.8 Å². The lowest BCUT2D eigenvalue weighted by atomic mass is 9.91. The van der Waals surface area contributed by atoms with Gasteiger partial charge < -0.3 is 15.7 Å². The van der Waals surface area contributed by atoms with Gasteiger partial charge >= 0.3 is 0 Å². The van der Waals surface area contributed by atoms with Crippen LogP contribution in [0.4, 0.5) is 0 Å². The number of nitrogens with two attached hydrogens (primary N) is 1. The Morgan fingerprint density at radius 1 is 1.37 bits per heavy atom. The zero-order valence-electron chi connectivity index (χ0n) is 16.1. The molecule has 1 atom stereocenters. The van der Waals surface area contributed by atoms with E-state index in [0.717, 1.165) is 0 Å². The molecule has 0 spiro atoms. The number of nitrogens with zero attached hydrogens (tertiary/aromatic N) is 4. The number of piperidine rings is 1. The third-order valence-corrected chi connectivity index (χ3v) is 5.19. The molecule has 3 aromatic rings. The Morgan fingerprint density at radius 3 is 2.90 bits per heavy atom. The minimum Gasteiger partial charge on any atom is -0.377 e. The number of pyridine rings is 1. The highest BCUT2D eigenvalue weighted by Crippen LogP contribution is 2.25. The summed E-state index contributed by atoms with van der Waals surface area (Å²) >= 11 is 6.27. The molecule has 1 aliphatic heterocycles. The van der Waals surface area contributed by atoms with Gasteiger partial charge in [0.1, 0.15) is 5.60 Å². The minimum atomic E-state index is -1.38. The van der Waals surface area contributed by atoms with Gasteiger partial charge in [-0.3, -0.25) is 9.59 Å². The highest BCUT2D eigenvalue weighted by molar-refractivity contribution is 6.30. The summed E-state index contributed by atoms with van der Waals surface area (Å²) in [4.78, 5) is 29.6. The van der Waals surface area contributed by atoms with Gasteiger partial charge in [0.2, 0.25) is 5.91 Å². The molecule has 1 unspecified atom stereocenters. The van der Waals surface area contributed by atoms with Crippen LogP contribution in [0.2, 0.25) is 5.02 Å². The molecular formula is C21H18ClN5O3. The van der Waals surface area contributed by atoms with Gasteiger partial charge in [-0.05, 0) is 30.3 Å². The third kappa shape index (κ3) is 3.73. The van der Waals surface area contributed by atoms with Crippen molar-refractivity contribution in [3.63, 3.8) is 0 Å². The lowest BCUT2D eigenvalue weighted by Gasteiger charge is -2.32. The summed E-state index contributed by atoms with van der Waals surface area (Å²) in [5, 5.41) is 15.9. The van der Waals surface area contributed by atoms with Crippen molar-refractivity contribution in [3.8, 4) is 17.5 Å². The van der Waals surface area contributed by atoms with E-state index >= 15 is 0 Å². The molecule has 30 heavy (non-hydrogen) atoms. The lowest BCUT2D eigenvalue weighted by Crippen LogP contribution is -2.45. The summed E-state index contributed by atoms with van der Waals surface area (Å²) in [6.07, 6.45) is 1.90. The molecule has 1 aromatic carbocycles. The van der Waals surface area contributed by atoms with Crippen LogP contribution in [-0.4, -0.2) is 55.8 Å². The van der Waals surface area contributed by atoms with Crippen molar-refractivity contribution in [2.45, 2.75) is 18.4 Å². The van der Waals surface area contributed by atoms with Gasteiger partial charge in [-0.1, -0.05) is 23.4 Å². The molecule has 2 amide bonds. The topological polar surface area (TPSA) is 114 Å². The number of benzene rings is 1. The third-order valence-electron chi connectivity index (χ3n) is 4.97. The van der Waals surface area contributed by atoms with Crippen molar-refractivity contribution in [2.24, 2.45) is 5.73 Å². The summed E-state index contributed by atoms with van der Waals surface area (Å²) in [6, 6.07) is 8.42. The predicted octanol–water partition coefficient (Wildman–Crippen LogP) is 1.51. The van der Waals surface area contributed by atoms with Crippen LogP contribution in [0.3, 0.4) is 0 Å². The predicted molar refractivity (Wildman–Crippen MR) is 111 cm³/mol. The summed E-state index contributed by atoms with van der Waals surface area (Å²) < 4.78 is 1.47. The summed E-state index contributed by atoms with van der Waals surface area (Å²) in [7, 11) is 1.70. The van der Waals surface area contributed by atoms with Gasteiger partial charge in [-0.2, -0.15) is 5.10 Å². The highest BCUT2D eigenvalue weighted by atomic mass is 35.5. The van der Waals surface area contributed by atoms with Crippen LogP contribution in [0.15, 0.2) is 36.5 Å². The van der Waals surface area contributed by atoms with E-state index in [4.69, 9.17) is 17.3 Å². The van der Waals surface area contributed by atoms with Gasteiger partial charge in [0.25, 0.3) is 5.91 Å². The number of hydrogen-bond donors (Lipinski definition) is 2. The zero-order chi connectivity index (χ0) is 21.5. The van der Waals surface area contributed by atoms with E-state index in [1.165, 1.54) is 4.68 Å². The summed E-state index contributed by atoms with van der Waals surface area (Å²) in [6.45, 7) is 0.436. The van der Waals surface area contributed by atoms with E-state index in [2.05, 4.69) is 21.9 Å². The largest absolute Gasteiger partial charge is 0.377 e. The number of halogens is 1. The highest BCUT2D eigenvalue weighted by Gasteiger charge is 2.34. The SMILES string of the molecule is CN1CCC(O)(C#Cc2cc(Cl)cc(-n3nc(C(N)=O)c4cccnc43)c2)CC1=O. The number of rotatable bonds is 2. The van der Waals surface area contributed by atoms with Crippen LogP contribution in [0, 0.1) is 11.8 Å². The molecule has 1 aliphatic rings. The molecule has 0 bridgehead atoms. The van der Waals surface area contributed by atoms with E-state index in [0.29, 0.717) is 40.3 Å². The number of amides is 2. The van der Waals surface area contributed by atoms with Gasteiger partial charge in [0.15, 0.2) is 11.3 Å². The Bertz CT molecular complexity index is 1240. The molecule has 1 fully saturated rings. The number of likely N-dealkylation sites (tertiary alicyclic amines) is 1. The molecule has 0 saturated carbocycles. The average molecular weight is 424 g/mol. The molecule has 3 heterocycles. The maximum Gasteiger partial charge on any atom is 0.269 e. The number of hydrogen-bond acceptors (Lipinski definition) is 5. The number of fused-ring (bicyclic) bond motifs is 1. The zero-order valence-corrected chi connectivity index (χ0v) is 16.8. The Hall–Kier alpha value is -3.41.